The molecule has 0 radical (unpaired) electrons. The summed E-state index contributed by atoms with van der Waals surface area (Å²) in [7, 11) is 0. The van der Waals surface area contributed by atoms with Gasteiger partial charge in [-0.05, 0) is 26.7 Å². The van der Waals surface area contributed by atoms with Gasteiger partial charge in [0.05, 0.1) is 6.04 Å². The summed E-state index contributed by atoms with van der Waals surface area (Å²) < 4.78 is 0. The highest BCUT2D eigenvalue weighted by atomic mass is 16.2. The first kappa shape index (κ1) is 18.8. The van der Waals surface area contributed by atoms with Crippen LogP contribution in [0.5, 0.6) is 0 Å². The average molecular weight is 399 g/mol. The monoisotopic (exact) mass is 398 g/mol. The molecule has 0 aliphatic carbocycles. The first-order chi connectivity index (χ1) is 14.0. The zero-order chi connectivity index (χ0) is 20.1. The second-order valence-corrected chi connectivity index (χ2v) is 8.90. The predicted octanol–water partition coefficient (Wildman–Crippen LogP) is 0.964. The Hall–Kier alpha value is -2.22. The van der Waals surface area contributed by atoms with Crippen LogP contribution in [0.2, 0.25) is 0 Å². The van der Waals surface area contributed by atoms with Gasteiger partial charge in [-0.2, -0.15) is 0 Å². The van der Waals surface area contributed by atoms with Crippen LogP contribution in [0.1, 0.15) is 50.2 Å². The van der Waals surface area contributed by atoms with E-state index in [2.05, 4.69) is 22.8 Å². The number of nitrogens with zero attached hydrogens (tertiary/aromatic N) is 6. The number of rotatable bonds is 3. The van der Waals surface area contributed by atoms with Gasteiger partial charge < -0.3 is 14.7 Å². The second-order valence-electron chi connectivity index (χ2n) is 8.90. The van der Waals surface area contributed by atoms with Crippen LogP contribution in [0.4, 0.5) is 5.82 Å². The number of hydrogen-bond donors (Lipinski definition) is 0. The Morgan fingerprint density at radius 2 is 1.59 bits per heavy atom. The maximum absolute atomic E-state index is 12.0. The second kappa shape index (κ2) is 7.23. The van der Waals surface area contributed by atoms with Crippen LogP contribution in [-0.4, -0.2) is 87.8 Å². The Morgan fingerprint density at radius 1 is 0.931 bits per heavy atom. The van der Waals surface area contributed by atoms with Crippen LogP contribution in [-0.2, 0) is 9.59 Å². The predicted molar refractivity (Wildman–Crippen MR) is 108 cm³/mol. The van der Waals surface area contributed by atoms with Gasteiger partial charge in [0, 0.05) is 76.0 Å². The van der Waals surface area contributed by atoms with Gasteiger partial charge in [-0.25, -0.2) is 9.97 Å². The van der Waals surface area contributed by atoms with Crippen LogP contribution in [0.3, 0.4) is 0 Å². The minimum absolute atomic E-state index is 0.126. The molecule has 0 spiro atoms. The van der Waals surface area contributed by atoms with E-state index >= 15 is 0 Å². The summed E-state index contributed by atoms with van der Waals surface area (Å²) in [4.78, 5) is 42.5. The number of aromatic nitrogens is 2. The lowest BCUT2D eigenvalue weighted by molar-refractivity contribution is -0.131. The smallest absolute Gasteiger partial charge is 0.223 e. The lowest BCUT2D eigenvalue weighted by Gasteiger charge is -2.40. The molecule has 4 saturated heterocycles. The molecule has 156 valence electrons. The fraction of sp³-hybridized carbons (Fsp3) is 0.714. The minimum atomic E-state index is 0.126. The molecule has 3 atom stereocenters. The number of amides is 2. The van der Waals surface area contributed by atoms with Crippen LogP contribution < -0.4 is 4.90 Å². The Bertz CT molecular complexity index is 829. The van der Waals surface area contributed by atoms with E-state index in [1.807, 2.05) is 16.7 Å². The number of carbonyl (C=O) groups excluding carboxylic acids is 2. The number of aryl methyl sites for hydroxylation is 1. The summed E-state index contributed by atoms with van der Waals surface area (Å²) in [5.41, 5.74) is 0.983. The fourth-order valence-electron chi connectivity index (χ4n) is 5.40. The van der Waals surface area contributed by atoms with Crippen molar-refractivity contribution in [1.29, 1.82) is 0 Å². The summed E-state index contributed by atoms with van der Waals surface area (Å²) in [6.07, 6.45) is 3.28. The Balaban J connectivity index is 1.32. The molecule has 0 aromatic carbocycles. The molecular formula is C21H30N6O2. The van der Waals surface area contributed by atoms with Crippen molar-refractivity contribution in [1.82, 2.24) is 24.7 Å². The van der Waals surface area contributed by atoms with Crippen LogP contribution >= 0.6 is 0 Å². The number of hydrogen-bond acceptors (Lipinski definition) is 6. The zero-order valence-corrected chi connectivity index (χ0v) is 17.4. The van der Waals surface area contributed by atoms with Crippen molar-refractivity contribution in [2.75, 3.05) is 44.2 Å². The highest BCUT2D eigenvalue weighted by Gasteiger charge is 2.38. The molecule has 0 bridgehead atoms. The maximum atomic E-state index is 12.0. The summed E-state index contributed by atoms with van der Waals surface area (Å²) >= 11 is 0. The lowest BCUT2D eigenvalue weighted by Crippen LogP contribution is -2.52. The van der Waals surface area contributed by atoms with Gasteiger partial charge in [0.1, 0.15) is 11.6 Å². The van der Waals surface area contributed by atoms with E-state index in [-0.39, 0.29) is 6.04 Å². The molecule has 4 aliphatic heterocycles. The number of anilines is 1. The van der Waals surface area contributed by atoms with E-state index in [0.717, 1.165) is 69.4 Å². The van der Waals surface area contributed by atoms with Crippen molar-refractivity contribution in [3.63, 3.8) is 0 Å². The highest BCUT2D eigenvalue weighted by molar-refractivity contribution is 5.79. The van der Waals surface area contributed by atoms with E-state index in [9.17, 15) is 9.59 Å². The molecule has 0 N–H and O–H groups in total. The molecule has 3 unspecified atom stereocenters. The normalized spacial score (nSPS) is 28.7. The van der Waals surface area contributed by atoms with E-state index in [1.165, 1.54) is 0 Å². The molecule has 5 heterocycles. The summed E-state index contributed by atoms with van der Waals surface area (Å²) in [6.45, 7) is 9.28. The van der Waals surface area contributed by atoms with E-state index < -0.39 is 0 Å². The number of carbonyl (C=O) groups is 2. The Labute approximate surface area is 171 Å². The van der Waals surface area contributed by atoms with E-state index in [0.29, 0.717) is 36.7 Å². The first-order valence-electron chi connectivity index (χ1n) is 10.9. The van der Waals surface area contributed by atoms with Gasteiger partial charge in [0.15, 0.2) is 0 Å². The molecule has 29 heavy (non-hydrogen) atoms. The quantitative estimate of drug-likeness (QED) is 0.755. The SMILES string of the molecule is Cc1cc(N2CCN3C(=O)CCC3C2)nc(C(C)N2CCN3C(=O)CCC3C2)n1. The third-order valence-electron chi connectivity index (χ3n) is 7.12. The fourth-order valence-corrected chi connectivity index (χ4v) is 5.40. The van der Waals surface area contributed by atoms with Crippen molar-refractivity contribution in [3.05, 3.63) is 17.6 Å². The van der Waals surface area contributed by atoms with Gasteiger partial charge in [-0.15, -0.1) is 0 Å². The molecule has 0 saturated carbocycles. The van der Waals surface area contributed by atoms with E-state index in [1.54, 1.807) is 0 Å². The van der Waals surface area contributed by atoms with Crippen molar-refractivity contribution in [2.45, 2.75) is 57.7 Å². The van der Waals surface area contributed by atoms with Gasteiger partial charge in [0.25, 0.3) is 0 Å². The Kier molecular flexibility index (Phi) is 4.69. The van der Waals surface area contributed by atoms with Gasteiger partial charge in [-0.1, -0.05) is 0 Å². The number of fused-ring (bicyclic) bond motifs is 2. The molecule has 4 aliphatic rings. The Morgan fingerprint density at radius 3 is 2.31 bits per heavy atom. The zero-order valence-electron chi connectivity index (χ0n) is 17.4. The van der Waals surface area contributed by atoms with Crippen molar-refractivity contribution in [3.8, 4) is 0 Å². The molecule has 8 heteroatoms. The molecule has 4 fully saturated rings. The third kappa shape index (κ3) is 3.37. The van der Waals surface area contributed by atoms with Gasteiger partial charge in [-0.3, -0.25) is 14.5 Å². The highest BCUT2D eigenvalue weighted by Crippen LogP contribution is 2.30. The molecule has 8 nitrogen and oxygen atoms in total. The molecular weight excluding hydrogens is 368 g/mol. The summed E-state index contributed by atoms with van der Waals surface area (Å²) in [6, 6.07) is 2.85. The van der Waals surface area contributed by atoms with E-state index in [4.69, 9.17) is 9.97 Å². The van der Waals surface area contributed by atoms with Gasteiger partial charge in [0.2, 0.25) is 11.8 Å². The number of piperazine rings is 2. The van der Waals surface area contributed by atoms with Gasteiger partial charge >= 0.3 is 0 Å². The molecule has 5 rings (SSSR count). The van der Waals surface area contributed by atoms with Crippen molar-refractivity contribution < 1.29 is 9.59 Å². The topological polar surface area (TPSA) is 72.9 Å². The van der Waals surface area contributed by atoms with Crippen molar-refractivity contribution in [2.24, 2.45) is 0 Å². The lowest BCUT2D eigenvalue weighted by atomic mass is 10.1. The summed E-state index contributed by atoms with van der Waals surface area (Å²) in [5.74, 6) is 2.45. The minimum Gasteiger partial charge on any atom is -0.353 e. The molecule has 2 amide bonds. The van der Waals surface area contributed by atoms with Crippen molar-refractivity contribution >= 4 is 17.6 Å². The average Bonchev–Trinajstić information content (AvgIpc) is 3.29. The van der Waals surface area contributed by atoms with Crippen LogP contribution in [0.15, 0.2) is 6.07 Å². The molecule has 1 aromatic rings. The summed E-state index contributed by atoms with van der Waals surface area (Å²) in [5, 5.41) is 0. The van der Waals surface area contributed by atoms with Crippen LogP contribution in [0, 0.1) is 6.92 Å². The third-order valence-corrected chi connectivity index (χ3v) is 7.12. The first-order valence-corrected chi connectivity index (χ1v) is 10.9. The molecule has 1 aromatic heterocycles. The van der Waals surface area contributed by atoms with Crippen LogP contribution in [0.25, 0.3) is 0 Å². The maximum Gasteiger partial charge on any atom is 0.223 e. The standard InChI is InChI=1S/C21H30N6O2/c1-14-11-18(25-8-10-27-17(13-25)4-6-20(27)29)23-21(22-14)15(2)24-7-9-26-16(12-24)3-5-19(26)28/h11,15-17H,3-10,12-13H2,1-2H3. The largest absolute Gasteiger partial charge is 0.353 e.